The van der Waals surface area contributed by atoms with Gasteiger partial charge in [-0.1, -0.05) is 18.2 Å². The van der Waals surface area contributed by atoms with Crippen LogP contribution in [0.1, 0.15) is 51.1 Å². The van der Waals surface area contributed by atoms with Gasteiger partial charge < -0.3 is 19.2 Å². The summed E-state index contributed by atoms with van der Waals surface area (Å²) in [5.41, 5.74) is 2.30. The summed E-state index contributed by atoms with van der Waals surface area (Å²) in [7, 11) is 1.60. The molecule has 1 aromatic carbocycles. The number of likely N-dealkylation sites (tertiary alicyclic amines) is 1. The molecule has 3 aromatic rings. The number of furan rings is 1. The lowest BCUT2D eigenvalue weighted by Gasteiger charge is -2.32. The Balaban J connectivity index is 1.52. The Morgan fingerprint density at radius 2 is 2.00 bits per heavy atom. The Kier molecular flexibility index (Phi) is 5.10. The largest absolute Gasteiger partial charge is 0.478 e. The monoisotopic (exact) mass is 397 g/mol. The van der Waals surface area contributed by atoms with Gasteiger partial charge in [0.15, 0.2) is 5.76 Å². The van der Waals surface area contributed by atoms with Gasteiger partial charge in [-0.3, -0.25) is 9.48 Å². The smallest absolute Gasteiger partial charge is 0.339 e. The SMILES string of the molecule is COCc1c(C(=O)N2CCC(n3ncc(C(=O)O)c3C)CC2)oc2ccccc12. The molecule has 0 unspecified atom stereocenters. The third-order valence-corrected chi connectivity index (χ3v) is 5.55. The van der Waals surface area contributed by atoms with E-state index in [-0.39, 0.29) is 17.5 Å². The minimum atomic E-state index is -0.975. The van der Waals surface area contributed by atoms with Crippen molar-refractivity contribution in [1.82, 2.24) is 14.7 Å². The van der Waals surface area contributed by atoms with Gasteiger partial charge in [0.05, 0.1) is 24.5 Å². The van der Waals surface area contributed by atoms with Crippen molar-refractivity contribution < 1.29 is 23.8 Å². The minimum Gasteiger partial charge on any atom is -0.478 e. The topological polar surface area (TPSA) is 97.8 Å². The van der Waals surface area contributed by atoms with Crippen LogP contribution < -0.4 is 0 Å². The number of carbonyl (C=O) groups is 2. The fourth-order valence-corrected chi connectivity index (χ4v) is 4.02. The fraction of sp³-hybridized carbons (Fsp3) is 0.381. The summed E-state index contributed by atoms with van der Waals surface area (Å²) in [6.07, 6.45) is 2.79. The third kappa shape index (κ3) is 3.40. The van der Waals surface area contributed by atoms with Crippen molar-refractivity contribution in [3.8, 4) is 0 Å². The van der Waals surface area contributed by atoms with E-state index < -0.39 is 5.97 Å². The van der Waals surface area contributed by atoms with Gasteiger partial charge in [0, 0.05) is 31.1 Å². The molecule has 8 nitrogen and oxygen atoms in total. The van der Waals surface area contributed by atoms with Gasteiger partial charge in [0.2, 0.25) is 0 Å². The number of carboxylic acids is 1. The number of hydrogen-bond donors (Lipinski definition) is 1. The zero-order chi connectivity index (χ0) is 20.5. The second-order valence-electron chi connectivity index (χ2n) is 7.26. The van der Waals surface area contributed by atoms with E-state index in [9.17, 15) is 14.7 Å². The van der Waals surface area contributed by atoms with Crippen LogP contribution in [-0.2, 0) is 11.3 Å². The molecular formula is C21H23N3O5. The second-order valence-corrected chi connectivity index (χ2v) is 7.26. The van der Waals surface area contributed by atoms with E-state index in [2.05, 4.69) is 5.10 Å². The molecule has 2 aromatic heterocycles. The lowest BCUT2D eigenvalue weighted by molar-refractivity contribution is 0.0653. The van der Waals surface area contributed by atoms with Gasteiger partial charge >= 0.3 is 5.97 Å². The van der Waals surface area contributed by atoms with Crippen molar-refractivity contribution in [2.24, 2.45) is 0 Å². The summed E-state index contributed by atoms with van der Waals surface area (Å²) in [6, 6.07) is 7.63. The van der Waals surface area contributed by atoms with Crippen LogP contribution in [0.4, 0.5) is 0 Å². The van der Waals surface area contributed by atoms with Crippen LogP contribution in [0.2, 0.25) is 0 Å². The van der Waals surface area contributed by atoms with Crippen molar-refractivity contribution in [3.05, 3.63) is 53.0 Å². The quantitative estimate of drug-likeness (QED) is 0.710. The average molecular weight is 397 g/mol. The van der Waals surface area contributed by atoms with Gasteiger partial charge in [-0.25, -0.2) is 4.79 Å². The van der Waals surface area contributed by atoms with Crippen LogP contribution in [0.5, 0.6) is 0 Å². The Labute approximate surface area is 167 Å². The zero-order valence-corrected chi connectivity index (χ0v) is 16.4. The first-order chi connectivity index (χ1) is 14.0. The van der Waals surface area contributed by atoms with Crippen LogP contribution in [-0.4, -0.2) is 51.9 Å². The van der Waals surface area contributed by atoms with Gasteiger partial charge in [-0.05, 0) is 25.8 Å². The molecule has 0 atom stereocenters. The van der Waals surface area contributed by atoms with E-state index in [1.54, 1.807) is 23.6 Å². The maximum atomic E-state index is 13.1. The molecule has 0 aliphatic carbocycles. The molecule has 1 aliphatic rings. The predicted octanol–water partition coefficient (Wildman–Crippen LogP) is 3.26. The maximum Gasteiger partial charge on any atom is 0.339 e. The first-order valence-electron chi connectivity index (χ1n) is 9.57. The molecule has 3 heterocycles. The van der Waals surface area contributed by atoms with Gasteiger partial charge in [0.1, 0.15) is 11.1 Å². The molecule has 0 radical (unpaired) electrons. The first-order valence-corrected chi connectivity index (χ1v) is 9.57. The van der Waals surface area contributed by atoms with Crippen LogP contribution in [0.25, 0.3) is 11.0 Å². The molecule has 152 valence electrons. The number of amides is 1. The zero-order valence-electron chi connectivity index (χ0n) is 16.4. The van der Waals surface area contributed by atoms with Crippen LogP contribution in [0.3, 0.4) is 0 Å². The van der Waals surface area contributed by atoms with Crippen LogP contribution in [0, 0.1) is 6.92 Å². The van der Waals surface area contributed by atoms with Crippen molar-refractivity contribution in [3.63, 3.8) is 0 Å². The Bertz CT molecular complexity index is 1060. The summed E-state index contributed by atoms with van der Waals surface area (Å²) in [5.74, 6) is -0.790. The summed E-state index contributed by atoms with van der Waals surface area (Å²) < 4.78 is 12.9. The number of fused-ring (bicyclic) bond motifs is 1. The van der Waals surface area contributed by atoms with Crippen molar-refractivity contribution in [1.29, 1.82) is 0 Å². The summed E-state index contributed by atoms with van der Waals surface area (Å²) in [5, 5.41) is 14.4. The number of piperidine rings is 1. The maximum absolute atomic E-state index is 13.1. The number of para-hydroxylation sites is 1. The molecule has 0 saturated carbocycles. The van der Waals surface area contributed by atoms with Gasteiger partial charge in [-0.15, -0.1) is 0 Å². The highest BCUT2D eigenvalue weighted by molar-refractivity contribution is 5.99. The number of aromatic carboxylic acids is 1. The molecule has 4 rings (SSSR count). The highest BCUT2D eigenvalue weighted by Crippen LogP contribution is 2.30. The fourth-order valence-electron chi connectivity index (χ4n) is 4.02. The number of benzene rings is 1. The van der Waals surface area contributed by atoms with E-state index in [0.717, 1.165) is 10.9 Å². The number of rotatable bonds is 5. The van der Waals surface area contributed by atoms with Crippen molar-refractivity contribution in [2.45, 2.75) is 32.4 Å². The number of ether oxygens (including phenoxy) is 1. The lowest BCUT2D eigenvalue weighted by Crippen LogP contribution is -2.39. The number of carbonyl (C=O) groups excluding carboxylic acids is 1. The van der Waals surface area contributed by atoms with Gasteiger partial charge in [-0.2, -0.15) is 5.10 Å². The van der Waals surface area contributed by atoms with E-state index in [4.69, 9.17) is 9.15 Å². The molecule has 1 fully saturated rings. The Hall–Kier alpha value is -3.13. The molecular weight excluding hydrogens is 374 g/mol. The molecule has 1 aliphatic heterocycles. The summed E-state index contributed by atoms with van der Waals surface area (Å²) in [6.45, 7) is 3.17. The third-order valence-electron chi connectivity index (χ3n) is 5.55. The van der Waals surface area contributed by atoms with E-state index in [1.165, 1.54) is 6.20 Å². The van der Waals surface area contributed by atoms with E-state index in [1.807, 2.05) is 24.3 Å². The molecule has 1 amide bonds. The molecule has 0 spiro atoms. The van der Waals surface area contributed by atoms with E-state index >= 15 is 0 Å². The second kappa shape index (κ2) is 7.71. The Morgan fingerprint density at radius 3 is 2.66 bits per heavy atom. The Morgan fingerprint density at radius 1 is 1.28 bits per heavy atom. The molecule has 1 N–H and O–H groups in total. The molecule has 29 heavy (non-hydrogen) atoms. The number of carboxylic acid groups (broad SMARTS) is 1. The molecule has 1 saturated heterocycles. The van der Waals surface area contributed by atoms with Crippen molar-refractivity contribution >= 4 is 22.8 Å². The summed E-state index contributed by atoms with van der Waals surface area (Å²) in [4.78, 5) is 26.2. The van der Waals surface area contributed by atoms with Crippen LogP contribution in [0.15, 0.2) is 34.9 Å². The standard InChI is InChI=1S/C21H23N3O5/c1-13-16(21(26)27)11-22-24(13)14-7-9-23(10-8-14)20(25)19-17(12-28-2)15-5-3-4-6-18(15)29-19/h3-6,11,14H,7-10,12H2,1-2H3,(H,26,27). The number of nitrogens with zero attached hydrogens (tertiary/aromatic N) is 3. The van der Waals surface area contributed by atoms with E-state index in [0.29, 0.717) is 49.6 Å². The predicted molar refractivity (Wildman–Crippen MR) is 105 cm³/mol. The molecule has 8 heteroatoms. The lowest BCUT2D eigenvalue weighted by atomic mass is 10.0. The number of hydrogen-bond acceptors (Lipinski definition) is 5. The number of aromatic nitrogens is 2. The highest BCUT2D eigenvalue weighted by atomic mass is 16.5. The normalized spacial score (nSPS) is 15.2. The van der Waals surface area contributed by atoms with Crippen molar-refractivity contribution in [2.75, 3.05) is 20.2 Å². The summed E-state index contributed by atoms with van der Waals surface area (Å²) >= 11 is 0. The van der Waals surface area contributed by atoms with Crippen LogP contribution >= 0.6 is 0 Å². The highest BCUT2D eigenvalue weighted by Gasteiger charge is 2.30. The average Bonchev–Trinajstić information content (AvgIpc) is 3.29. The molecule has 0 bridgehead atoms. The van der Waals surface area contributed by atoms with Gasteiger partial charge in [0.25, 0.3) is 5.91 Å². The number of methoxy groups -OCH3 is 1. The first kappa shape index (κ1) is 19.2. The minimum absolute atomic E-state index is 0.0706.